The Bertz CT molecular complexity index is 1090. The molecule has 1 aliphatic heterocycles. The van der Waals surface area contributed by atoms with Gasteiger partial charge < -0.3 is 10.2 Å². The Morgan fingerprint density at radius 3 is 2.44 bits per heavy atom. The Morgan fingerprint density at radius 1 is 1.00 bits per heavy atom. The number of nitrogens with zero attached hydrogens (tertiary/aromatic N) is 1. The van der Waals surface area contributed by atoms with Crippen LogP contribution in [0, 0.1) is 13.8 Å². The summed E-state index contributed by atoms with van der Waals surface area (Å²) in [7, 11) is 0. The van der Waals surface area contributed by atoms with Crippen LogP contribution in [0.5, 0.6) is 0 Å². The number of aryl methyl sites for hydroxylation is 2. The standard InChI is InChI=1S/C27H29N3O2/c1-19-10-11-20(2)24(17-19)29-27(32)26(22-7-4-3-5-8-22)28-18-21-12-14-23(15-13-21)30-16-6-9-25(30)31/h3-5,7-8,10-15,17,26,28H,6,9,16,18H2,1-2H3,(H,29,32)/t26-/m1/s1. The van der Waals surface area contributed by atoms with Gasteiger partial charge >= 0.3 is 0 Å². The van der Waals surface area contributed by atoms with Gasteiger partial charge in [-0.3, -0.25) is 14.9 Å². The second-order valence-corrected chi connectivity index (χ2v) is 8.35. The van der Waals surface area contributed by atoms with Crippen LogP contribution in [0.1, 0.15) is 41.1 Å². The van der Waals surface area contributed by atoms with E-state index >= 15 is 0 Å². The summed E-state index contributed by atoms with van der Waals surface area (Å²) in [5.41, 5.74) is 5.87. The SMILES string of the molecule is Cc1ccc(C)c(NC(=O)[C@H](NCc2ccc(N3CCCC3=O)cc2)c2ccccc2)c1. The zero-order chi connectivity index (χ0) is 22.5. The number of anilines is 2. The van der Waals surface area contributed by atoms with Crippen LogP contribution in [-0.4, -0.2) is 18.4 Å². The number of nitrogens with one attached hydrogen (secondary N) is 2. The topological polar surface area (TPSA) is 61.4 Å². The van der Waals surface area contributed by atoms with Crippen molar-refractivity contribution >= 4 is 23.2 Å². The minimum atomic E-state index is -0.490. The van der Waals surface area contributed by atoms with Crippen LogP contribution < -0.4 is 15.5 Å². The predicted octanol–water partition coefficient (Wildman–Crippen LogP) is 4.90. The average molecular weight is 428 g/mol. The van der Waals surface area contributed by atoms with Gasteiger partial charge in [0.2, 0.25) is 11.8 Å². The number of carbonyl (C=O) groups is 2. The quantitative estimate of drug-likeness (QED) is 0.564. The maximum atomic E-state index is 13.2. The second kappa shape index (κ2) is 9.79. The molecule has 3 aromatic rings. The third-order valence-corrected chi connectivity index (χ3v) is 5.88. The Morgan fingerprint density at radius 2 is 1.75 bits per heavy atom. The van der Waals surface area contributed by atoms with E-state index in [1.807, 2.05) is 91.5 Å². The molecule has 5 nitrogen and oxygen atoms in total. The van der Waals surface area contributed by atoms with Crippen molar-refractivity contribution in [2.45, 2.75) is 39.3 Å². The van der Waals surface area contributed by atoms with E-state index < -0.39 is 6.04 Å². The highest BCUT2D eigenvalue weighted by Gasteiger charge is 2.22. The van der Waals surface area contributed by atoms with Crippen molar-refractivity contribution in [1.29, 1.82) is 0 Å². The van der Waals surface area contributed by atoms with Crippen LogP contribution in [-0.2, 0) is 16.1 Å². The van der Waals surface area contributed by atoms with Gasteiger partial charge in [-0.25, -0.2) is 0 Å². The summed E-state index contributed by atoms with van der Waals surface area (Å²) in [6, 6.07) is 23.3. The molecule has 1 heterocycles. The Kier molecular flexibility index (Phi) is 6.66. The average Bonchev–Trinajstić information content (AvgIpc) is 3.23. The molecular formula is C27H29N3O2. The lowest BCUT2D eigenvalue weighted by molar-refractivity contribution is -0.118. The number of amides is 2. The molecule has 2 amide bonds. The lowest BCUT2D eigenvalue weighted by Crippen LogP contribution is -2.33. The van der Waals surface area contributed by atoms with Gasteiger partial charge in [0.05, 0.1) is 0 Å². The molecule has 1 aliphatic rings. The summed E-state index contributed by atoms with van der Waals surface area (Å²) in [5, 5.41) is 6.50. The number of benzene rings is 3. The van der Waals surface area contributed by atoms with Crippen molar-refractivity contribution in [3.63, 3.8) is 0 Å². The smallest absolute Gasteiger partial charge is 0.246 e. The van der Waals surface area contributed by atoms with E-state index in [-0.39, 0.29) is 11.8 Å². The molecule has 0 aliphatic carbocycles. The minimum absolute atomic E-state index is 0.0933. The number of hydrogen-bond donors (Lipinski definition) is 2. The maximum Gasteiger partial charge on any atom is 0.246 e. The fourth-order valence-corrected chi connectivity index (χ4v) is 4.02. The summed E-state index contributed by atoms with van der Waals surface area (Å²) < 4.78 is 0. The number of hydrogen-bond acceptors (Lipinski definition) is 3. The first-order valence-electron chi connectivity index (χ1n) is 11.1. The second-order valence-electron chi connectivity index (χ2n) is 8.35. The largest absolute Gasteiger partial charge is 0.324 e. The first kappa shape index (κ1) is 21.8. The first-order chi connectivity index (χ1) is 15.5. The summed E-state index contributed by atoms with van der Waals surface area (Å²) in [6.45, 7) is 5.33. The lowest BCUT2D eigenvalue weighted by Gasteiger charge is -2.20. The molecule has 164 valence electrons. The zero-order valence-corrected chi connectivity index (χ0v) is 18.6. The van der Waals surface area contributed by atoms with Gasteiger partial charge in [-0.15, -0.1) is 0 Å². The molecule has 0 unspecified atom stereocenters. The van der Waals surface area contributed by atoms with E-state index in [1.165, 1.54) is 0 Å². The van der Waals surface area contributed by atoms with Crippen LogP contribution in [0.2, 0.25) is 0 Å². The maximum absolute atomic E-state index is 13.2. The molecule has 0 spiro atoms. The van der Waals surface area contributed by atoms with Gasteiger partial charge in [0.15, 0.2) is 0 Å². The van der Waals surface area contributed by atoms with E-state index in [4.69, 9.17) is 0 Å². The van der Waals surface area contributed by atoms with E-state index in [2.05, 4.69) is 10.6 Å². The third-order valence-electron chi connectivity index (χ3n) is 5.88. The molecule has 1 fully saturated rings. The fraction of sp³-hybridized carbons (Fsp3) is 0.259. The van der Waals surface area contributed by atoms with Gasteiger partial charge in [-0.05, 0) is 60.7 Å². The highest BCUT2D eigenvalue weighted by atomic mass is 16.2. The number of rotatable bonds is 7. The molecule has 4 rings (SSSR count). The highest BCUT2D eigenvalue weighted by molar-refractivity contribution is 5.96. The molecule has 32 heavy (non-hydrogen) atoms. The van der Waals surface area contributed by atoms with Crippen molar-refractivity contribution < 1.29 is 9.59 Å². The summed E-state index contributed by atoms with van der Waals surface area (Å²) in [4.78, 5) is 27.0. The minimum Gasteiger partial charge on any atom is -0.324 e. The third kappa shape index (κ3) is 5.06. The van der Waals surface area contributed by atoms with Gasteiger partial charge in [0.25, 0.3) is 0 Å². The van der Waals surface area contributed by atoms with E-state index in [0.29, 0.717) is 13.0 Å². The van der Waals surface area contributed by atoms with E-state index in [0.717, 1.165) is 46.6 Å². The van der Waals surface area contributed by atoms with Gasteiger partial charge in [0, 0.05) is 30.9 Å². The van der Waals surface area contributed by atoms with E-state index in [9.17, 15) is 9.59 Å². The normalized spacial score (nSPS) is 14.4. The van der Waals surface area contributed by atoms with Gasteiger partial charge in [-0.1, -0.05) is 54.6 Å². The van der Waals surface area contributed by atoms with Crippen LogP contribution in [0.4, 0.5) is 11.4 Å². The highest BCUT2D eigenvalue weighted by Crippen LogP contribution is 2.23. The fourth-order valence-electron chi connectivity index (χ4n) is 4.02. The van der Waals surface area contributed by atoms with Crippen molar-refractivity contribution in [3.05, 3.63) is 95.1 Å². The van der Waals surface area contributed by atoms with Crippen molar-refractivity contribution in [2.24, 2.45) is 0 Å². The molecule has 5 heteroatoms. The monoisotopic (exact) mass is 427 g/mol. The Hall–Kier alpha value is -3.44. The molecule has 2 N–H and O–H groups in total. The summed E-state index contributed by atoms with van der Waals surface area (Å²) >= 11 is 0. The summed E-state index contributed by atoms with van der Waals surface area (Å²) in [6.07, 6.45) is 1.54. The van der Waals surface area contributed by atoms with Crippen molar-refractivity contribution in [2.75, 3.05) is 16.8 Å². The van der Waals surface area contributed by atoms with E-state index in [1.54, 1.807) is 0 Å². The molecule has 1 saturated heterocycles. The first-order valence-corrected chi connectivity index (χ1v) is 11.1. The Labute approximate surface area is 189 Å². The molecule has 3 aromatic carbocycles. The lowest BCUT2D eigenvalue weighted by atomic mass is 10.0. The molecule has 0 bridgehead atoms. The molecule has 0 saturated carbocycles. The molecular weight excluding hydrogens is 398 g/mol. The zero-order valence-electron chi connectivity index (χ0n) is 18.6. The number of carbonyl (C=O) groups excluding carboxylic acids is 2. The molecule has 0 aromatic heterocycles. The van der Waals surface area contributed by atoms with Crippen molar-refractivity contribution in [3.8, 4) is 0 Å². The molecule has 0 radical (unpaired) electrons. The van der Waals surface area contributed by atoms with Gasteiger partial charge in [0.1, 0.15) is 6.04 Å². The van der Waals surface area contributed by atoms with Crippen LogP contribution >= 0.6 is 0 Å². The Balaban J connectivity index is 1.48. The van der Waals surface area contributed by atoms with Crippen LogP contribution in [0.3, 0.4) is 0 Å². The molecule has 1 atom stereocenters. The van der Waals surface area contributed by atoms with Gasteiger partial charge in [-0.2, -0.15) is 0 Å². The van der Waals surface area contributed by atoms with Crippen molar-refractivity contribution in [1.82, 2.24) is 5.32 Å². The summed E-state index contributed by atoms with van der Waals surface area (Å²) in [5.74, 6) is 0.0901. The predicted molar refractivity (Wildman–Crippen MR) is 129 cm³/mol. The van der Waals surface area contributed by atoms with Crippen LogP contribution in [0.25, 0.3) is 0 Å². The van der Waals surface area contributed by atoms with Crippen LogP contribution in [0.15, 0.2) is 72.8 Å².